The fourth-order valence-corrected chi connectivity index (χ4v) is 1.67. The Balaban J connectivity index is 2.87. The molecule has 0 aliphatic rings. The molecule has 100 valence electrons. The lowest BCUT2D eigenvalue weighted by atomic mass is 9.98. The molecule has 0 bridgehead atoms. The van der Waals surface area contributed by atoms with Gasteiger partial charge in [0, 0.05) is 11.1 Å². The number of aliphatic hydroxyl groups is 1. The summed E-state index contributed by atoms with van der Waals surface area (Å²) in [5.74, 6) is -0.442. The Bertz CT molecular complexity index is 414. The normalized spacial score (nSPS) is 13.7. The second-order valence-electron chi connectivity index (χ2n) is 5.13. The van der Waals surface area contributed by atoms with Gasteiger partial charge in [-0.25, -0.2) is 4.39 Å². The monoisotopic (exact) mass is 253 g/mol. The van der Waals surface area contributed by atoms with Crippen LogP contribution in [-0.4, -0.2) is 41.0 Å². The van der Waals surface area contributed by atoms with Crippen LogP contribution < -0.4 is 0 Å². The smallest absolute Gasteiger partial charge is 0.179 e. The van der Waals surface area contributed by atoms with Crippen molar-refractivity contribution in [1.82, 2.24) is 4.90 Å². The number of hydrogen-bond acceptors (Lipinski definition) is 3. The lowest BCUT2D eigenvalue weighted by molar-refractivity contribution is 0.0438. The van der Waals surface area contributed by atoms with Gasteiger partial charge in [-0.3, -0.25) is 9.69 Å². The molecule has 0 aliphatic carbocycles. The molecule has 18 heavy (non-hydrogen) atoms. The molecule has 1 aromatic rings. The van der Waals surface area contributed by atoms with Crippen molar-refractivity contribution in [3.05, 3.63) is 35.6 Å². The van der Waals surface area contributed by atoms with Crippen molar-refractivity contribution in [3.8, 4) is 0 Å². The number of likely N-dealkylation sites (N-methyl/N-ethyl adjacent to an activating group) is 1. The summed E-state index contributed by atoms with van der Waals surface area (Å²) in [7, 11) is 1.79. The number of carbonyl (C=O) groups excluding carboxylic acids is 1. The Morgan fingerprint density at radius 3 is 2.33 bits per heavy atom. The van der Waals surface area contributed by atoms with Crippen LogP contribution in [0.4, 0.5) is 4.39 Å². The number of hydrogen-bond donors (Lipinski definition) is 1. The lowest BCUT2D eigenvalue weighted by Gasteiger charge is -2.37. The van der Waals surface area contributed by atoms with Crippen LogP contribution in [0.25, 0.3) is 0 Å². The third kappa shape index (κ3) is 3.15. The van der Waals surface area contributed by atoms with Crippen LogP contribution in [0.15, 0.2) is 24.3 Å². The van der Waals surface area contributed by atoms with Crippen LogP contribution in [0.2, 0.25) is 0 Å². The summed E-state index contributed by atoms with van der Waals surface area (Å²) in [4.78, 5) is 14.0. The summed E-state index contributed by atoms with van der Waals surface area (Å²) < 4.78 is 12.8. The molecule has 4 heteroatoms. The van der Waals surface area contributed by atoms with Gasteiger partial charge in [0.1, 0.15) is 5.82 Å². The van der Waals surface area contributed by atoms with Crippen LogP contribution >= 0.6 is 0 Å². The van der Waals surface area contributed by atoms with Crippen molar-refractivity contribution in [3.63, 3.8) is 0 Å². The predicted octanol–water partition coefficient (Wildman–Crippen LogP) is 2.10. The third-order valence-electron chi connectivity index (χ3n) is 3.43. The van der Waals surface area contributed by atoms with E-state index in [-0.39, 0.29) is 24.2 Å². The predicted molar refractivity (Wildman–Crippen MR) is 69.1 cm³/mol. The van der Waals surface area contributed by atoms with Crippen LogP contribution in [0.1, 0.15) is 31.1 Å². The van der Waals surface area contributed by atoms with E-state index in [2.05, 4.69) is 0 Å². The molecule has 1 atom stereocenters. The first kappa shape index (κ1) is 14.8. The number of carbonyl (C=O) groups is 1. The van der Waals surface area contributed by atoms with Crippen molar-refractivity contribution in [2.24, 2.45) is 0 Å². The summed E-state index contributed by atoms with van der Waals surface area (Å²) in [5.41, 5.74) is -0.000697. The van der Waals surface area contributed by atoms with E-state index in [0.29, 0.717) is 5.56 Å². The minimum Gasteiger partial charge on any atom is -0.394 e. The summed E-state index contributed by atoms with van der Waals surface area (Å²) in [5, 5.41) is 9.30. The molecule has 0 radical (unpaired) electrons. The first-order valence-corrected chi connectivity index (χ1v) is 5.93. The highest BCUT2D eigenvalue weighted by atomic mass is 19.1. The molecule has 3 nitrogen and oxygen atoms in total. The second-order valence-corrected chi connectivity index (χ2v) is 5.13. The first-order chi connectivity index (χ1) is 8.29. The Kier molecular flexibility index (Phi) is 4.59. The van der Waals surface area contributed by atoms with Gasteiger partial charge < -0.3 is 5.11 Å². The zero-order valence-corrected chi connectivity index (χ0v) is 11.3. The van der Waals surface area contributed by atoms with E-state index in [9.17, 15) is 14.3 Å². The Hall–Kier alpha value is -1.26. The first-order valence-electron chi connectivity index (χ1n) is 5.93. The topological polar surface area (TPSA) is 40.5 Å². The minimum absolute atomic E-state index is 0.0372. The molecular weight excluding hydrogens is 233 g/mol. The van der Waals surface area contributed by atoms with E-state index >= 15 is 0 Å². The zero-order chi connectivity index (χ0) is 13.9. The molecule has 0 aromatic heterocycles. The number of nitrogens with zero attached hydrogens (tertiary/aromatic N) is 1. The van der Waals surface area contributed by atoms with Crippen molar-refractivity contribution < 1.29 is 14.3 Å². The van der Waals surface area contributed by atoms with Gasteiger partial charge in [-0.2, -0.15) is 0 Å². The van der Waals surface area contributed by atoms with Crippen LogP contribution in [-0.2, 0) is 0 Å². The van der Waals surface area contributed by atoms with Gasteiger partial charge in [-0.05, 0) is 52.1 Å². The van der Waals surface area contributed by atoms with E-state index in [0.717, 1.165) is 0 Å². The summed E-state index contributed by atoms with van der Waals surface area (Å²) in [6.45, 7) is 5.47. The maximum absolute atomic E-state index is 12.8. The minimum atomic E-state index is -0.477. The van der Waals surface area contributed by atoms with Gasteiger partial charge in [0.05, 0.1) is 12.6 Å². The van der Waals surface area contributed by atoms with E-state index in [1.54, 1.807) is 14.0 Å². The molecule has 0 heterocycles. The van der Waals surface area contributed by atoms with Crippen molar-refractivity contribution in [2.75, 3.05) is 13.7 Å². The molecule has 0 amide bonds. The molecule has 1 unspecified atom stereocenters. The average Bonchev–Trinajstić information content (AvgIpc) is 2.37. The van der Waals surface area contributed by atoms with Gasteiger partial charge in [-0.1, -0.05) is 0 Å². The highest BCUT2D eigenvalue weighted by molar-refractivity contribution is 5.99. The van der Waals surface area contributed by atoms with Crippen molar-refractivity contribution in [2.45, 2.75) is 32.4 Å². The molecule has 0 aliphatic heterocycles. The van der Waals surface area contributed by atoms with Gasteiger partial charge in [-0.15, -0.1) is 0 Å². The molecule has 1 rings (SSSR count). The van der Waals surface area contributed by atoms with E-state index in [4.69, 9.17) is 0 Å². The largest absolute Gasteiger partial charge is 0.394 e. The van der Waals surface area contributed by atoms with Gasteiger partial charge in [0.15, 0.2) is 5.78 Å². The van der Waals surface area contributed by atoms with E-state index in [1.165, 1.54) is 24.3 Å². The molecule has 1 aromatic carbocycles. The summed E-state index contributed by atoms with van der Waals surface area (Å²) in [6.07, 6.45) is 0. The van der Waals surface area contributed by atoms with Crippen LogP contribution in [0.3, 0.4) is 0 Å². The van der Waals surface area contributed by atoms with Gasteiger partial charge >= 0.3 is 0 Å². The van der Waals surface area contributed by atoms with Crippen LogP contribution in [0, 0.1) is 5.82 Å². The Morgan fingerprint density at radius 1 is 1.39 bits per heavy atom. The standard InChI is InChI=1S/C14H20FNO2/c1-10(16(4)14(2,3)9-17)13(18)11-5-7-12(15)8-6-11/h5-8,10,17H,9H2,1-4H3. The summed E-state index contributed by atoms with van der Waals surface area (Å²) in [6, 6.07) is 5.13. The number of benzene rings is 1. The molecule has 0 saturated heterocycles. The SMILES string of the molecule is CC(C(=O)c1ccc(F)cc1)N(C)C(C)(C)CO. The quantitative estimate of drug-likeness (QED) is 0.817. The molecule has 0 saturated carbocycles. The number of ketones is 1. The van der Waals surface area contributed by atoms with Crippen LogP contribution in [0.5, 0.6) is 0 Å². The van der Waals surface area contributed by atoms with Crippen molar-refractivity contribution >= 4 is 5.78 Å². The van der Waals surface area contributed by atoms with E-state index < -0.39 is 5.54 Å². The zero-order valence-electron chi connectivity index (χ0n) is 11.3. The maximum Gasteiger partial charge on any atom is 0.179 e. The number of halogens is 1. The molecule has 0 fully saturated rings. The molecular formula is C14H20FNO2. The second kappa shape index (κ2) is 5.59. The maximum atomic E-state index is 12.8. The van der Waals surface area contributed by atoms with Crippen molar-refractivity contribution in [1.29, 1.82) is 0 Å². The summed E-state index contributed by atoms with van der Waals surface area (Å²) >= 11 is 0. The molecule has 0 spiro atoms. The average molecular weight is 253 g/mol. The van der Waals surface area contributed by atoms with Gasteiger partial charge in [0.2, 0.25) is 0 Å². The Labute approximate surface area is 107 Å². The fourth-order valence-electron chi connectivity index (χ4n) is 1.67. The highest BCUT2D eigenvalue weighted by Crippen LogP contribution is 2.17. The molecule has 1 N–H and O–H groups in total. The fraction of sp³-hybridized carbons (Fsp3) is 0.500. The van der Waals surface area contributed by atoms with Gasteiger partial charge in [0.25, 0.3) is 0 Å². The number of aliphatic hydroxyl groups excluding tert-OH is 1. The highest BCUT2D eigenvalue weighted by Gasteiger charge is 2.30. The lowest BCUT2D eigenvalue weighted by Crippen LogP contribution is -2.51. The third-order valence-corrected chi connectivity index (χ3v) is 3.43. The van der Waals surface area contributed by atoms with E-state index in [1.807, 2.05) is 18.7 Å². The number of rotatable bonds is 5. The Morgan fingerprint density at radius 2 is 1.89 bits per heavy atom. The number of Topliss-reactive ketones (excluding diaryl/α,β-unsaturated/α-hetero) is 1.